The predicted octanol–water partition coefficient (Wildman–Crippen LogP) is 4.36. The van der Waals surface area contributed by atoms with Crippen LogP contribution in [0.25, 0.3) is 16.7 Å². The predicted molar refractivity (Wildman–Crippen MR) is 121 cm³/mol. The first kappa shape index (κ1) is 23.4. The number of fused-ring (bicyclic) bond motifs is 1. The van der Waals surface area contributed by atoms with Gasteiger partial charge in [-0.1, -0.05) is 17.8 Å². The Balaban J connectivity index is 1.46. The second-order valence-corrected chi connectivity index (χ2v) is 8.31. The van der Waals surface area contributed by atoms with Gasteiger partial charge in [-0.25, -0.2) is 9.67 Å². The van der Waals surface area contributed by atoms with Crippen LogP contribution in [0.4, 0.5) is 18.9 Å². The largest absolute Gasteiger partial charge is 0.573 e. The number of aryl methyl sites for hydroxylation is 2. The summed E-state index contributed by atoms with van der Waals surface area (Å²) < 4.78 is 42.1. The van der Waals surface area contributed by atoms with Gasteiger partial charge in [-0.3, -0.25) is 9.59 Å². The molecule has 0 saturated carbocycles. The molecule has 0 aliphatic carbocycles. The Hall–Kier alpha value is -3.80. The van der Waals surface area contributed by atoms with Crippen LogP contribution < -0.4 is 15.6 Å². The van der Waals surface area contributed by atoms with Crippen molar-refractivity contribution in [3.05, 3.63) is 70.1 Å². The number of carbonyl (C=O) groups excluding carboxylic acids is 1. The quantitative estimate of drug-likeness (QED) is 0.308. The number of aromatic amines is 1. The molecule has 2 aromatic carbocycles. The maximum atomic E-state index is 12.5. The second-order valence-electron chi connectivity index (χ2n) is 7.34. The zero-order valence-corrected chi connectivity index (χ0v) is 18.8. The summed E-state index contributed by atoms with van der Waals surface area (Å²) in [5, 5.41) is 7.39. The van der Waals surface area contributed by atoms with Crippen LogP contribution in [0.2, 0.25) is 0 Å². The van der Waals surface area contributed by atoms with Gasteiger partial charge >= 0.3 is 6.36 Å². The number of alkyl halides is 3. The lowest BCUT2D eigenvalue weighted by molar-refractivity contribution is -0.274. The van der Waals surface area contributed by atoms with E-state index in [-0.39, 0.29) is 16.5 Å². The van der Waals surface area contributed by atoms with E-state index in [1.807, 2.05) is 32.0 Å². The first-order valence-electron chi connectivity index (χ1n) is 9.93. The van der Waals surface area contributed by atoms with Crippen LogP contribution in [-0.2, 0) is 4.79 Å². The molecule has 0 unspecified atom stereocenters. The van der Waals surface area contributed by atoms with Gasteiger partial charge < -0.3 is 15.0 Å². The average Bonchev–Trinajstić information content (AvgIpc) is 3.19. The number of anilines is 1. The number of benzene rings is 2. The van der Waals surface area contributed by atoms with Crippen molar-refractivity contribution < 1.29 is 22.7 Å². The molecule has 2 heterocycles. The minimum Gasteiger partial charge on any atom is -0.406 e. The average molecular weight is 489 g/mol. The molecule has 176 valence electrons. The van der Waals surface area contributed by atoms with E-state index < -0.39 is 18.0 Å². The van der Waals surface area contributed by atoms with E-state index in [4.69, 9.17) is 0 Å². The first-order chi connectivity index (χ1) is 16.1. The van der Waals surface area contributed by atoms with Gasteiger partial charge in [0.15, 0.2) is 10.8 Å². The third-order valence-electron chi connectivity index (χ3n) is 4.86. The molecule has 0 bridgehead atoms. The number of amides is 1. The van der Waals surface area contributed by atoms with Crippen LogP contribution in [0.15, 0.2) is 58.6 Å². The number of nitrogens with one attached hydrogen (secondary N) is 2. The van der Waals surface area contributed by atoms with E-state index in [0.29, 0.717) is 16.7 Å². The molecule has 12 heteroatoms. The van der Waals surface area contributed by atoms with Crippen molar-refractivity contribution in [3.63, 3.8) is 0 Å². The van der Waals surface area contributed by atoms with Crippen LogP contribution in [0, 0.1) is 13.8 Å². The lowest BCUT2D eigenvalue weighted by Crippen LogP contribution is -2.17. The monoisotopic (exact) mass is 489 g/mol. The van der Waals surface area contributed by atoms with Gasteiger partial charge in [0.1, 0.15) is 11.1 Å². The molecule has 4 rings (SSSR count). The van der Waals surface area contributed by atoms with E-state index in [1.165, 1.54) is 18.3 Å². The summed E-state index contributed by atoms with van der Waals surface area (Å²) in [4.78, 5) is 31.8. The van der Waals surface area contributed by atoms with Crippen LogP contribution in [-0.4, -0.2) is 37.8 Å². The zero-order chi connectivity index (χ0) is 24.5. The van der Waals surface area contributed by atoms with Crippen molar-refractivity contribution in [2.45, 2.75) is 25.4 Å². The van der Waals surface area contributed by atoms with E-state index in [1.54, 1.807) is 4.68 Å². The summed E-state index contributed by atoms with van der Waals surface area (Å²) in [5.74, 6) is -0.914. The van der Waals surface area contributed by atoms with E-state index >= 15 is 0 Å². The molecule has 0 saturated heterocycles. The number of ether oxygens (including phenoxy) is 1. The normalized spacial score (nSPS) is 11.6. The molecule has 0 aliphatic rings. The zero-order valence-electron chi connectivity index (χ0n) is 17.9. The topological polar surface area (TPSA) is 102 Å². The Morgan fingerprint density at radius 3 is 2.56 bits per heavy atom. The number of aromatic nitrogens is 4. The van der Waals surface area contributed by atoms with Crippen molar-refractivity contribution in [1.82, 2.24) is 19.7 Å². The van der Waals surface area contributed by atoms with Crippen LogP contribution in [0.5, 0.6) is 5.75 Å². The summed E-state index contributed by atoms with van der Waals surface area (Å²) in [6, 6.07) is 10.5. The number of carbonyl (C=O) groups is 1. The molecule has 0 aliphatic heterocycles. The Kier molecular flexibility index (Phi) is 6.33. The van der Waals surface area contributed by atoms with Crippen molar-refractivity contribution in [3.8, 4) is 11.4 Å². The minimum absolute atomic E-state index is 0.0903. The highest BCUT2D eigenvalue weighted by Gasteiger charge is 2.31. The SMILES string of the molecule is Cc1ccc(-n2ncc3c(=O)[nH]c(SCC(=O)Nc4ccc(OC(F)(F)F)cc4)nc32)cc1C. The van der Waals surface area contributed by atoms with Crippen molar-refractivity contribution in [1.29, 1.82) is 0 Å². The smallest absolute Gasteiger partial charge is 0.406 e. The van der Waals surface area contributed by atoms with Gasteiger partial charge in [0.05, 0.1) is 17.6 Å². The lowest BCUT2D eigenvalue weighted by atomic mass is 10.1. The van der Waals surface area contributed by atoms with Crippen LogP contribution >= 0.6 is 11.8 Å². The number of hydrogen-bond acceptors (Lipinski definition) is 6. The van der Waals surface area contributed by atoms with Crippen molar-refractivity contribution in [2.24, 2.45) is 0 Å². The number of thioether (sulfide) groups is 1. The van der Waals surface area contributed by atoms with Gasteiger partial charge in [-0.2, -0.15) is 5.10 Å². The third kappa shape index (κ3) is 5.39. The minimum atomic E-state index is -4.79. The highest BCUT2D eigenvalue weighted by molar-refractivity contribution is 7.99. The van der Waals surface area contributed by atoms with Gasteiger partial charge in [-0.15, -0.1) is 13.2 Å². The molecule has 1 amide bonds. The Morgan fingerprint density at radius 1 is 1.15 bits per heavy atom. The van der Waals surface area contributed by atoms with E-state index in [2.05, 4.69) is 25.1 Å². The molecule has 4 aromatic rings. The molecule has 2 aromatic heterocycles. The van der Waals surface area contributed by atoms with E-state index in [9.17, 15) is 22.8 Å². The fraction of sp³-hybridized carbons (Fsp3) is 0.182. The maximum Gasteiger partial charge on any atom is 0.573 e. The lowest BCUT2D eigenvalue weighted by Gasteiger charge is -2.10. The molecule has 0 atom stereocenters. The van der Waals surface area contributed by atoms with Gasteiger partial charge in [0.2, 0.25) is 5.91 Å². The summed E-state index contributed by atoms with van der Waals surface area (Å²) in [5.41, 5.74) is 3.21. The standard InChI is InChI=1S/C22H18F3N5O3S/c1-12-3-6-15(9-13(12)2)30-19-17(10-26-30)20(32)29-21(28-19)34-11-18(31)27-14-4-7-16(8-5-14)33-22(23,24)25/h3-10H,11H2,1-2H3,(H,27,31)(H,28,29,32). The second kappa shape index (κ2) is 9.21. The molecule has 34 heavy (non-hydrogen) atoms. The number of nitrogens with zero attached hydrogens (tertiary/aromatic N) is 3. The molecule has 0 spiro atoms. The number of H-pyrrole nitrogens is 1. The highest BCUT2D eigenvalue weighted by atomic mass is 32.2. The Labute approximate surface area is 195 Å². The molecular formula is C22H18F3N5O3S. The van der Waals surface area contributed by atoms with Crippen molar-refractivity contribution >= 4 is 34.4 Å². The fourth-order valence-corrected chi connectivity index (χ4v) is 3.74. The molecule has 0 radical (unpaired) electrons. The third-order valence-corrected chi connectivity index (χ3v) is 5.74. The molecular weight excluding hydrogens is 471 g/mol. The summed E-state index contributed by atoms with van der Waals surface area (Å²) in [7, 11) is 0. The molecule has 0 fully saturated rings. The van der Waals surface area contributed by atoms with Crippen molar-refractivity contribution in [2.75, 3.05) is 11.1 Å². The first-order valence-corrected chi connectivity index (χ1v) is 10.9. The number of halogens is 3. The van der Waals surface area contributed by atoms with Crippen LogP contribution in [0.1, 0.15) is 11.1 Å². The van der Waals surface area contributed by atoms with Gasteiger partial charge in [-0.05, 0) is 61.4 Å². The fourth-order valence-electron chi connectivity index (χ4n) is 3.08. The number of hydrogen-bond donors (Lipinski definition) is 2. The van der Waals surface area contributed by atoms with E-state index in [0.717, 1.165) is 40.7 Å². The molecule has 2 N–H and O–H groups in total. The van der Waals surface area contributed by atoms with Gasteiger partial charge in [0, 0.05) is 5.69 Å². The Bertz CT molecular complexity index is 1410. The number of rotatable bonds is 6. The summed E-state index contributed by atoms with van der Waals surface area (Å²) in [6.45, 7) is 3.97. The summed E-state index contributed by atoms with van der Waals surface area (Å²) >= 11 is 1.01. The van der Waals surface area contributed by atoms with Crippen LogP contribution in [0.3, 0.4) is 0 Å². The highest BCUT2D eigenvalue weighted by Crippen LogP contribution is 2.24. The maximum absolute atomic E-state index is 12.5. The summed E-state index contributed by atoms with van der Waals surface area (Å²) in [6.07, 6.45) is -3.36. The Morgan fingerprint density at radius 2 is 1.88 bits per heavy atom. The van der Waals surface area contributed by atoms with Gasteiger partial charge in [0.25, 0.3) is 5.56 Å². The molecule has 8 nitrogen and oxygen atoms in total.